The van der Waals surface area contributed by atoms with Crippen LogP contribution in [0.25, 0.3) is 21.9 Å². The number of aromatic nitrogens is 4. The third-order valence-electron chi connectivity index (χ3n) is 3.25. The molecule has 0 aliphatic rings. The van der Waals surface area contributed by atoms with Crippen LogP contribution in [0.5, 0.6) is 0 Å². The predicted octanol–water partition coefficient (Wildman–Crippen LogP) is 4.10. The van der Waals surface area contributed by atoms with E-state index in [1.54, 1.807) is 36.1 Å². The van der Waals surface area contributed by atoms with Crippen molar-refractivity contribution < 1.29 is 8.83 Å². The van der Waals surface area contributed by atoms with Crippen LogP contribution in [0.2, 0.25) is 0 Å². The van der Waals surface area contributed by atoms with E-state index in [0.717, 1.165) is 15.2 Å². The van der Waals surface area contributed by atoms with Gasteiger partial charge in [-0.15, -0.1) is 21.5 Å². The van der Waals surface area contributed by atoms with Crippen LogP contribution in [0.3, 0.4) is 0 Å². The monoisotopic (exact) mass is 330 g/mol. The Morgan fingerprint density at radius 2 is 2.09 bits per heavy atom. The molecular weight excluding hydrogens is 320 g/mol. The van der Waals surface area contributed by atoms with Gasteiger partial charge in [0.1, 0.15) is 16.2 Å². The average Bonchev–Trinajstić information content (AvgIpc) is 3.21. The zero-order valence-corrected chi connectivity index (χ0v) is 13.4. The fraction of sp³-hybridized carbons (Fsp3) is 0.143. The zero-order chi connectivity index (χ0) is 15.1. The molecule has 110 valence electrons. The van der Waals surface area contributed by atoms with Crippen molar-refractivity contribution in [2.75, 3.05) is 0 Å². The summed E-state index contributed by atoms with van der Waals surface area (Å²) in [7, 11) is 0. The number of hydrogen-bond acceptors (Lipinski definition) is 8. The standard InChI is InChI=1S/C14H10N4O2S2/c1-7-8(2)21-12-10(7)13(16-6-15-12)22-14-18-17-11(20-14)9-4-3-5-19-9/h3-6H,1-2H3. The van der Waals surface area contributed by atoms with E-state index in [4.69, 9.17) is 8.83 Å². The maximum absolute atomic E-state index is 5.62. The number of thiophene rings is 1. The first-order chi connectivity index (χ1) is 10.7. The Hall–Kier alpha value is -2.19. The molecular formula is C14H10N4O2S2. The molecule has 0 aliphatic heterocycles. The zero-order valence-electron chi connectivity index (χ0n) is 11.7. The number of nitrogens with zero attached hydrogens (tertiary/aromatic N) is 4. The molecule has 0 unspecified atom stereocenters. The number of fused-ring (bicyclic) bond motifs is 1. The highest BCUT2D eigenvalue weighted by atomic mass is 32.2. The van der Waals surface area contributed by atoms with E-state index in [1.807, 2.05) is 0 Å². The summed E-state index contributed by atoms with van der Waals surface area (Å²) in [5.41, 5.74) is 1.19. The number of hydrogen-bond donors (Lipinski definition) is 0. The van der Waals surface area contributed by atoms with E-state index in [9.17, 15) is 0 Å². The third kappa shape index (κ3) is 2.20. The van der Waals surface area contributed by atoms with Gasteiger partial charge in [-0.05, 0) is 43.3 Å². The number of rotatable bonds is 3. The lowest BCUT2D eigenvalue weighted by atomic mass is 10.2. The molecule has 22 heavy (non-hydrogen) atoms. The highest BCUT2D eigenvalue weighted by Gasteiger charge is 2.17. The van der Waals surface area contributed by atoms with E-state index in [2.05, 4.69) is 34.0 Å². The summed E-state index contributed by atoms with van der Waals surface area (Å²) in [5, 5.41) is 10.3. The molecule has 0 radical (unpaired) electrons. The van der Waals surface area contributed by atoms with Crippen LogP contribution in [0.1, 0.15) is 10.4 Å². The molecule has 0 N–H and O–H groups in total. The van der Waals surface area contributed by atoms with Gasteiger partial charge in [-0.25, -0.2) is 9.97 Å². The normalized spacial score (nSPS) is 11.4. The molecule has 0 saturated carbocycles. The van der Waals surface area contributed by atoms with Crippen molar-refractivity contribution in [1.29, 1.82) is 0 Å². The average molecular weight is 330 g/mol. The van der Waals surface area contributed by atoms with Gasteiger partial charge in [-0.2, -0.15) is 0 Å². The van der Waals surface area contributed by atoms with E-state index >= 15 is 0 Å². The molecule has 4 aromatic rings. The van der Waals surface area contributed by atoms with Gasteiger partial charge in [0, 0.05) is 10.3 Å². The summed E-state index contributed by atoms with van der Waals surface area (Å²) in [6.07, 6.45) is 3.13. The molecule has 0 aromatic carbocycles. The van der Waals surface area contributed by atoms with E-state index in [1.165, 1.54) is 22.2 Å². The second-order valence-corrected chi connectivity index (χ2v) is 6.74. The summed E-state index contributed by atoms with van der Waals surface area (Å²) < 4.78 is 10.9. The topological polar surface area (TPSA) is 77.8 Å². The number of furan rings is 1. The summed E-state index contributed by atoms with van der Waals surface area (Å²) in [4.78, 5) is 10.9. The lowest BCUT2D eigenvalue weighted by Gasteiger charge is -1.99. The fourth-order valence-electron chi connectivity index (χ4n) is 2.06. The minimum atomic E-state index is 0.357. The van der Waals surface area contributed by atoms with Crippen molar-refractivity contribution in [3.63, 3.8) is 0 Å². The van der Waals surface area contributed by atoms with E-state index in [0.29, 0.717) is 16.9 Å². The Kier molecular flexibility index (Phi) is 3.20. The molecule has 8 heteroatoms. The van der Waals surface area contributed by atoms with Gasteiger partial charge < -0.3 is 8.83 Å². The Morgan fingerprint density at radius 1 is 1.18 bits per heavy atom. The first-order valence-corrected chi connectivity index (χ1v) is 8.11. The van der Waals surface area contributed by atoms with Crippen LogP contribution in [-0.2, 0) is 0 Å². The first-order valence-electron chi connectivity index (χ1n) is 6.48. The Bertz CT molecular complexity index is 943. The van der Waals surface area contributed by atoms with Crippen molar-refractivity contribution in [2.45, 2.75) is 24.1 Å². The van der Waals surface area contributed by atoms with E-state index in [-0.39, 0.29) is 0 Å². The van der Waals surface area contributed by atoms with Gasteiger partial charge in [-0.3, -0.25) is 0 Å². The lowest BCUT2D eigenvalue weighted by Crippen LogP contribution is -1.85. The summed E-state index contributed by atoms with van der Waals surface area (Å²) >= 11 is 3.00. The van der Waals surface area contributed by atoms with Crippen LogP contribution in [-0.4, -0.2) is 20.2 Å². The van der Waals surface area contributed by atoms with Gasteiger partial charge in [-0.1, -0.05) is 0 Å². The van der Waals surface area contributed by atoms with Gasteiger partial charge in [0.05, 0.1) is 6.26 Å². The highest BCUT2D eigenvalue weighted by Crippen LogP contribution is 2.37. The van der Waals surface area contributed by atoms with Crippen molar-refractivity contribution in [3.05, 3.63) is 35.2 Å². The molecule has 4 aromatic heterocycles. The molecule has 6 nitrogen and oxygen atoms in total. The number of aryl methyl sites for hydroxylation is 2. The maximum Gasteiger partial charge on any atom is 0.284 e. The predicted molar refractivity (Wildman–Crippen MR) is 83.0 cm³/mol. The fourth-order valence-corrected chi connectivity index (χ4v) is 3.94. The van der Waals surface area contributed by atoms with Crippen LogP contribution >= 0.6 is 23.1 Å². The third-order valence-corrected chi connectivity index (χ3v) is 5.21. The minimum absolute atomic E-state index is 0.357. The van der Waals surface area contributed by atoms with Crippen LogP contribution in [0.15, 0.2) is 43.8 Å². The second kappa shape index (κ2) is 5.22. The van der Waals surface area contributed by atoms with Gasteiger partial charge >= 0.3 is 0 Å². The van der Waals surface area contributed by atoms with Crippen LogP contribution in [0.4, 0.5) is 0 Å². The molecule has 0 atom stereocenters. The first kappa shape index (κ1) is 13.5. The molecule has 4 heterocycles. The van der Waals surface area contributed by atoms with Gasteiger partial charge in [0.25, 0.3) is 11.1 Å². The second-order valence-electron chi connectivity index (χ2n) is 4.59. The Morgan fingerprint density at radius 3 is 2.91 bits per heavy atom. The lowest BCUT2D eigenvalue weighted by molar-refractivity contribution is 0.447. The highest BCUT2D eigenvalue weighted by molar-refractivity contribution is 7.99. The SMILES string of the molecule is Cc1sc2ncnc(Sc3nnc(-c4ccco4)o3)c2c1C. The molecule has 4 rings (SSSR count). The molecule has 0 fully saturated rings. The maximum atomic E-state index is 5.62. The van der Waals surface area contributed by atoms with Crippen molar-refractivity contribution in [1.82, 2.24) is 20.2 Å². The van der Waals surface area contributed by atoms with E-state index < -0.39 is 0 Å². The quantitative estimate of drug-likeness (QED) is 0.523. The van der Waals surface area contributed by atoms with Crippen LogP contribution in [0, 0.1) is 13.8 Å². The summed E-state index contributed by atoms with van der Waals surface area (Å²) in [6, 6.07) is 3.55. The molecule has 0 aliphatic carbocycles. The van der Waals surface area contributed by atoms with Crippen molar-refractivity contribution >= 4 is 33.3 Å². The Balaban J connectivity index is 1.72. The van der Waals surface area contributed by atoms with Crippen molar-refractivity contribution in [2.24, 2.45) is 0 Å². The Labute approximate surface area is 133 Å². The molecule has 0 spiro atoms. The smallest absolute Gasteiger partial charge is 0.284 e. The van der Waals surface area contributed by atoms with Gasteiger partial charge in [0.2, 0.25) is 0 Å². The molecule has 0 saturated heterocycles. The van der Waals surface area contributed by atoms with Gasteiger partial charge in [0.15, 0.2) is 5.76 Å². The molecule has 0 bridgehead atoms. The summed E-state index contributed by atoms with van der Waals surface area (Å²) in [6.45, 7) is 4.15. The van der Waals surface area contributed by atoms with Crippen LogP contribution < -0.4 is 0 Å². The largest absolute Gasteiger partial charge is 0.459 e. The van der Waals surface area contributed by atoms with Crippen molar-refractivity contribution in [3.8, 4) is 11.7 Å². The summed E-state index contributed by atoms with van der Waals surface area (Å²) in [5.74, 6) is 0.908. The minimum Gasteiger partial charge on any atom is -0.459 e. The molecule has 0 amide bonds.